The third kappa shape index (κ3) is 7.53. The second-order valence-electron chi connectivity index (χ2n) is 9.52. The number of hydrogen-bond acceptors (Lipinski definition) is 8. The predicted octanol–water partition coefficient (Wildman–Crippen LogP) is 2.62. The Morgan fingerprint density at radius 1 is 1.00 bits per heavy atom. The van der Waals surface area contributed by atoms with Gasteiger partial charge in [0.15, 0.2) is 11.5 Å². The highest BCUT2D eigenvalue weighted by atomic mass is 32.2. The average molecular weight is 607 g/mol. The third-order valence-corrected chi connectivity index (χ3v) is 8.48. The minimum Gasteiger partial charge on any atom is -0.406 e. The van der Waals surface area contributed by atoms with E-state index >= 15 is 0 Å². The number of sulfonamides is 1. The molecule has 1 atom stereocenters. The number of primary amides is 1. The van der Waals surface area contributed by atoms with E-state index in [2.05, 4.69) is 27.2 Å². The van der Waals surface area contributed by atoms with E-state index in [-0.39, 0.29) is 36.8 Å². The van der Waals surface area contributed by atoms with Gasteiger partial charge in [0.2, 0.25) is 15.9 Å². The van der Waals surface area contributed by atoms with Gasteiger partial charge in [-0.15, -0.1) is 23.4 Å². The van der Waals surface area contributed by atoms with E-state index in [0.29, 0.717) is 5.82 Å². The number of aromatic nitrogens is 2. The molecule has 0 aliphatic carbocycles. The third-order valence-electron chi connectivity index (χ3n) is 6.55. The number of amides is 2. The molecule has 1 saturated heterocycles. The van der Waals surface area contributed by atoms with E-state index in [9.17, 15) is 31.2 Å². The van der Waals surface area contributed by atoms with Crippen LogP contribution in [0.25, 0.3) is 0 Å². The van der Waals surface area contributed by atoms with Crippen molar-refractivity contribution in [2.75, 3.05) is 24.5 Å². The van der Waals surface area contributed by atoms with Crippen LogP contribution in [0.15, 0.2) is 65.6 Å². The lowest BCUT2D eigenvalue weighted by Gasteiger charge is -2.40. The average Bonchev–Trinajstić information content (AvgIpc) is 2.96. The molecule has 3 N–H and O–H groups in total. The van der Waals surface area contributed by atoms with Crippen molar-refractivity contribution in [3.63, 3.8) is 0 Å². The molecule has 2 aromatic carbocycles. The Hall–Kier alpha value is -4.24. The molecule has 2 amide bonds. The first kappa shape index (κ1) is 30.7. The minimum atomic E-state index is -4.94. The van der Waals surface area contributed by atoms with Crippen LogP contribution in [0.3, 0.4) is 0 Å². The van der Waals surface area contributed by atoms with Crippen LogP contribution in [-0.4, -0.2) is 66.8 Å². The molecule has 224 valence electrons. The standard InChI is InChI=1S/C27H29F3N6O5S/c1-2-3-18-4-6-19(7-5-18)16-32-26(38)23-17-35(24-13-12-22(25(31)37)33-34-24)14-15-36(23)42(39,40)21-10-8-20(9-11-21)41-27(28,29)30/h4-13,23H,2-3,14-17H2,1H3,(H2,31,37)(H,32,38). The number of nitrogens with zero attached hydrogens (tertiary/aromatic N) is 4. The van der Waals surface area contributed by atoms with Crippen LogP contribution in [0.5, 0.6) is 5.75 Å². The van der Waals surface area contributed by atoms with Crippen molar-refractivity contribution in [2.24, 2.45) is 5.73 Å². The maximum Gasteiger partial charge on any atom is 0.573 e. The molecule has 4 rings (SSSR count). The maximum absolute atomic E-state index is 13.6. The summed E-state index contributed by atoms with van der Waals surface area (Å²) in [6.45, 7) is 2.07. The number of ether oxygens (including phenoxy) is 1. The number of hydrogen-bond donors (Lipinski definition) is 2. The summed E-state index contributed by atoms with van der Waals surface area (Å²) in [6.07, 6.45) is -3.02. The SMILES string of the molecule is CCCc1ccc(CNC(=O)C2CN(c3ccc(C(N)=O)nn3)CCN2S(=O)(=O)c2ccc(OC(F)(F)F)cc2)cc1. The highest BCUT2D eigenvalue weighted by molar-refractivity contribution is 7.89. The number of alkyl halides is 3. The van der Waals surface area contributed by atoms with Gasteiger partial charge in [-0.25, -0.2) is 8.42 Å². The number of carbonyl (C=O) groups excluding carboxylic acids is 2. The van der Waals surface area contributed by atoms with Gasteiger partial charge >= 0.3 is 6.36 Å². The van der Waals surface area contributed by atoms with Crippen molar-refractivity contribution in [2.45, 2.75) is 43.6 Å². The molecule has 1 fully saturated rings. The molecule has 42 heavy (non-hydrogen) atoms. The van der Waals surface area contributed by atoms with Crippen molar-refractivity contribution in [1.29, 1.82) is 0 Å². The number of benzene rings is 2. The summed E-state index contributed by atoms with van der Waals surface area (Å²) < 4.78 is 69.8. The van der Waals surface area contributed by atoms with E-state index in [4.69, 9.17) is 5.73 Å². The second kappa shape index (κ2) is 12.7. The number of nitrogens with one attached hydrogen (secondary N) is 1. The number of carbonyl (C=O) groups is 2. The van der Waals surface area contributed by atoms with Crippen LogP contribution in [0.4, 0.5) is 19.0 Å². The largest absolute Gasteiger partial charge is 0.573 e. The van der Waals surface area contributed by atoms with Crippen molar-refractivity contribution in [3.8, 4) is 5.75 Å². The van der Waals surface area contributed by atoms with Crippen molar-refractivity contribution in [1.82, 2.24) is 19.8 Å². The second-order valence-corrected chi connectivity index (χ2v) is 11.4. The lowest BCUT2D eigenvalue weighted by molar-refractivity contribution is -0.274. The molecular weight excluding hydrogens is 577 g/mol. The maximum atomic E-state index is 13.6. The van der Waals surface area contributed by atoms with E-state index < -0.39 is 40.0 Å². The molecule has 1 unspecified atom stereocenters. The van der Waals surface area contributed by atoms with Crippen LogP contribution in [-0.2, 0) is 27.8 Å². The van der Waals surface area contributed by atoms with Crippen molar-refractivity contribution < 1.29 is 35.9 Å². The van der Waals surface area contributed by atoms with E-state index in [0.717, 1.165) is 52.5 Å². The summed E-state index contributed by atoms with van der Waals surface area (Å²) in [5, 5.41) is 10.6. The Bertz CT molecular complexity index is 1500. The fourth-order valence-electron chi connectivity index (χ4n) is 4.47. The van der Waals surface area contributed by atoms with Crippen LogP contribution in [0, 0.1) is 0 Å². The number of rotatable bonds is 10. The number of nitrogens with two attached hydrogens (primary N) is 1. The van der Waals surface area contributed by atoms with Gasteiger partial charge in [-0.2, -0.15) is 4.31 Å². The Morgan fingerprint density at radius 2 is 1.67 bits per heavy atom. The van der Waals surface area contributed by atoms with Gasteiger partial charge in [-0.05, 0) is 53.9 Å². The lowest BCUT2D eigenvalue weighted by Crippen LogP contribution is -2.60. The first-order chi connectivity index (χ1) is 19.9. The van der Waals surface area contributed by atoms with Gasteiger partial charge in [0.25, 0.3) is 5.91 Å². The summed E-state index contributed by atoms with van der Waals surface area (Å²) in [6, 6.07) is 13.1. The van der Waals surface area contributed by atoms with E-state index in [1.165, 1.54) is 12.1 Å². The quantitative estimate of drug-likeness (QED) is 0.358. The van der Waals surface area contributed by atoms with Crippen molar-refractivity contribution in [3.05, 3.63) is 77.5 Å². The van der Waals surface area contributed by atoms with E-state index in [1.54, 1.807) is 4.90 Å². The summed E-state index contributed by atoms with van der Waals surface area (Å²) in [5.74, 6) is -1.63. The summed E-state index contributed by atoms with van der Waals surface area (Å²) in [4.78, 5) is 26.2. The molecule has 0 bridgehead atoms. The molecular formula is C27H29F3N6O5S. The zero-order valence-electron chi connectivity index (χ0n) is 22.5. The number of anilines is 1. The molecule has 1 aliphatic heterocycles. The molecule has 0 spiro atoms. The fraction of sp³-hybridized carbons (Fsp3) is 0.333. The molecule has 15 heteroatoms. The molecule has 2 heterocycles. The smallest absolute Gasteiger partial charge is 0.406 e. The molecule has 1 aliphatic rings. The van der Waals surface area contributed by atoms with Gasteiger partial charge in [0.05, 0.1) is 4.90 Å². The Labute approximate surface area is 240 Å². The van der Waals surface area contributed by atoms with Crippen LogP contribution in [0.1, 0.15) is 35.0 Å². The lowest BCUT2D eigenvalue weighted by atomic mass is 10.1. The first-order valence-corrected chi connectivity index (χ1v) is 14.4. The van der Waals surface area contributed by atoms with Crippen molar-refractivity contribution >= 4 is 27.7 Å². The van der Waals surface area contributed by atoms with Crippen LogP contribution in [0.2, 0.25) is 0 Å². The van der Waals surface area contributed by atoms with Gasteiger partial charge in [0, 0.05) is 26.2 Å². The Morgan fingerprint density at radius 3 is 2.24 bits per heavy atom. The summed E-state index contributed by atoms with van der Waals surface area (Å²) in [7, 11) is -4.32. The number of halogens is 3. The Kier molecular flexibility index (Phi) is 9.31. The van der Waals surface area contributed by atoms with Gasteiger partial charge < -0.3 is 20.7 Å². The van der Waals surface area contributed by atoms with Gasteiger partial charge in [-0.3, -0.25) is 9.59 Å². The van der Waals surface area contributed by atoms with Crippen LogP contribution < -0.4 is 20.7 Å². The molecule has 1 aromatic heterocycles. The molecule has 0 radical (unpaired) electrons. The van der Waals surface area contributed by atoms with E-state index in [1.807, 2.05) is 24.3 Å². The summed E-state index contributed by atoms with van der Waals surface area (Å²) >= 11 is 0. The topological polar surface area (TPSA) is 148 Å². The number of aryl methyl sites for hydroxylation is 1. The highest BCUT2D eigenvalue weighted by Gasteiger charge is 2.41. The number of piperazine rings is 1. The Balaban J connectivity index is 1.57. The fourth-order valence-corrected chi connectivity index (χ4v) is 6.04. The summed E-state index contributed by atoms with van der Waals surface area (Å²) in [5.41, 5.74) is 7.14. The molecule has 3 aromatic rings. The zero-order valence-corrected chi connectivity index (χ0v) is 23.4. The monoisotopic (exact) mass is 606 g/mol. The normalized spacial score (nSPS) is 16.2. The van der Waals surface area contributed by atoms with Gasteiger partial charge in [0.1, 0.15) is 11.8 Å². The molecule has 11 nitrogen and oxygen atoms in total. The molecule has 0 saturated carbocycles. The van der Waals surface area contributed by atoms with Gasteiger partial charge in [-0.1, -0.05) is 37.6 Å². The predicted molar refractivity (Wildman–Crippen MR) is 146 cm³/mol. The highest BCUT2D eigenvalue weighted by Crippen LogP contribution is 2.28. The first-order valence-electron chi connectivity index (χ1n) is 13.0. The van der Waals surface area contributed by atoms with Crippen LogP contribution >= 0.6 is 0 Å². The minimum absolute atomic E-state index is 0.0582. The zero-order chi connectivity index (χ0) is 30.5.